The molecule has 0 aromatic heterocycles. The number of methoxy groups -OCH3 is 2. The molecule has 1 atom stereocenters. The lowest BCUT2D eigenvalue weighted by Gasteiger charge is -2.16. The fraction of sp³-hybridized carbons (Fsp3) is 1.00. The zero-order chi connectivity index (χ0) is 8.10. The van der Waals surface area contributed by atoms with E-state index in [-0.39, 0.29) is 6.29 Å². The Morgan fingerprint density at radius 2 is 2.27 bits per heavy atom. The van der Waals surface area contributed by atoms with Gasteiger partial charge in [0, 0.05) is 32.9 Å². The summed E-state index contributed by atoms with van der Waals surface area (Å²) in [6, 6.07) is 0. The lowest BCUT2D eigenvalue weighted by atomic mass is 10.4. The Hall–Kier alpha value is 0.230. The van der Waals surface area contributed by atoms with Crippen molar-refractivity contribution in [3.63, 3.8) is 0 Å². The van der Waals surface area contributed by atoms with Gasteiger partial charge in [-0.05, 0) is 0 Å². The van der Waals surface area contributed by atoms with E-state index in [0.717, 1.165) is 13.0 Å². The molecule has 1 unspecified atom stereocenters. The lowest BCUT2D eigenvalue weighted by Crippen LogP contribution is -2.27. The molecule has 0 aromatic carbocycles. The van der Waals surface area contributed by atoms with E-state index in [1.54, 1.807) is 14.2 Å². The highest BCUT2D eigenvalue weighted by Gasteiger charge is 2.19. The Bertz CT molecular complexity index is 103. The molecule has 1 aliphatic rings. The van der Waals surface area contributed by atoms with Crippen LogP contribution in [-0.2, 0) is 9.47 Å². The first-order valence-corrected chi connectivity index (χ1v) is 4.82. The van der Waals surface area contributed by atoms with Crippen molar-refractivity contribution in [2.75, 3.05) is 26.5 Å². The third-order valence-corrected chi connectivity index (χ3v) is 2.93. The fourth-order valence-corrected chi connectivity index (χ4v) is 2.14. The largest absolute Gasteiger partial charge is 0.356 e. The molecule has 0 amide bonds. The van der Waals surface area contributed by atoms with Gasteiger partial charge in [-0.1, -0.05) is 0 Å². The Balaban J connectivity index is 2.16. The van der Waals surface area contributed by atoms with E-state index in [0.29, 0.717) is 5.37 Å². The van der Waals surface area contributed by atoms with Crippen molar-refractivity contribution in [2.45, 2.75) is 18.1 Å². The van der Waals surface area contributed by atoms with E-state index < -0.39 is 0 Å². The van der Waals surface area contributed by atoms with Crippen LogP contribution in [0.2, 0.25) is 0 Å². The second kappa shape index (κ2) is 4.98. The second-order valence-electron chi connectivity index (χ2n) is 2.45. The predicted octanol–water partition coefficient (Wildman–Crippen LogP) is 0.658. The van der Waals surface area contributed by atoms with E-state index in [1.807, 2.05) is 11.8 Å². The third-order valence-electron chi connectivity index (χ3n) is 1.73. The Labute approximate surface area is 71.8 Å². The quantitative estimate of drug-likeness (QED) is 0.639. The normalized spacial score (nSPS) is 24.8. The summed E-state index contributed by atoms with van der Waals surface area (Å²) in [5.74, 6) is 1.20. The highest BCUT2D eigenvalue weighted by atomic mass is 32.2. The number of rotatable bonds is 4. The molecule has 11 heavy (non-hydrogen) atoms. The van der Waals surface area contributed by atoms with Crippen LogP contribution in [-0.4, -0.2) is 38.2 Å². The first kappa shape index (κ1) is 9.32. The van der Waals surface area contributed by atoms with Gasteiger partial charge in [-0.3, -0.25) is 0 Å². The summed E-state index contributed by atoms with van der Waals surface area (Å²) in [5, 5.41) is 3.87. The van der Waals surface area contributed by atoms with Crippen LogP contribution < -0.4 is 5.32 Å². The van der Waals surface area contributed by atoms with Crippen molar-refractivity contribution in [2.24, 2.45) is 0 Å². The SMILES string of the molecule is COC(CC1NCCS1)OC. The summed E-state index contributed by atoms with van der Waals surface area (Å²) in [5.41, 5.74) is 0. The minimum Gasteiger partial charge on any atom is -0.356 e. The van der Waals surface area contributed by atoms with E-state index in [1.165, 1.54) is 5.75 Å². The molecule has 1 fully saturated rings. The molecule has 0 bridgehead atoms. The maximum atomic E-state index is 5.09. The maximum Gasteiger partial charge on any atom is 0.159 e. The van der Waals surface area contributed by atoms with Crippen molar-refractivity contribution in [3.8, 4) is 0 Å². The molecular weight excluding hydrogens is 162 g/mol. The first-order valence-electron chi connectivity index (χ1n) is 3.77. The molecule has 1 aliphatic heterocycles. The van der Waals surface area contributed by atoms with Gasteiger partial charge < -0.3 is 14.8 Å². The second-order valence-corrected chi connectivity index (χ2v) is 3.76. The minimum atomic E-state index is -0.0573. The van der Waals surface area contributed by atoms with Crippen LogP contribution in [0.15, 0.2) is 0 Å². The summed E-state index contributed by atoms with van der Waals surface area (Å²) in [6.45, 7) is 1.11. The highest BCUT2D eigenvalue weighted by molar-refractivity contribution is 8.00. The van der Waals surface area contributed by atoms with Crippen LogP contribution in [0.5, 0.6) is 0 Å². The van der Waals surface area contributed by atoms with Crippen LogP contribution in [0.1, 0.15) is 6.42 Å². The van der Waals surface area contributed by atoms with Gasteiger partial charge in [-0.2, -0.15) is 0 Å². The number of hydrogen-bond donors (Lipinski definition) is 1. The third kappa shape index (κ3) is 2.99. The average Bonchev–Trinajstić information content (AvgIpc) is 2.52. The average molecular weight is 177 g/mol. The topological polar surface area (TPSA) is 30.5 Å². The molecular formula is C7H15NO2S. The maximum absolute atomic E-state index is 5.09. The van der Waals surface area contributed by atoms with E-state index in [4.69, 9.17) is 9.47 Å². The van der Waals surface area contributed by atoms with Crippen LogP contribution in [0, 0.1) is 0 Å². The minimum absolute atomic E-state index is 0.0573. The smallest absolute Gasteiger partial charge is 0.159 e. The van der Waals surface area contributed by atoms with Crippen molar-refractivity contribution in [1.29, 1.82) is 0 Å². The molecule has 1 N–H and O–H groups in total. The Morgan fingerprint density at radius 3 is 2.73 bits per heavy atom. The van der Waals surface area contributed by atoms with Crippen molar-refractivity contribution >= 4 is 11.8 Å². The molecule has 4 heteroatoms. The number of nitrogens with one attached hydrogen (secondary N) is 1. The van der Waals surface area contributed by atoms with E-state index in [2.05, 4.69) is 5.32 Å². The molecule has 3 nitrogen and oxygen atoms in total. The van der Waals surface area contributed by atoms with Gasteiger partial charge >= 0.3 is 0 Å². The van der Waals surface area contributed by atoms with Gasteiger partial charge in [0.25, 0.3) is 0 Å². The Kier molecular flexibility index (Phi) is 4.22. The zero-order valence-corrected chi connectivity index (χ0v) is 7.82. The molecule has 0 aromatic rings. The number of thioether (sulfide) groups is 1. The summed E-state index contributed by atoms with van der Waals surface area (Å²) in [6.07, 6.45) is 0.871. The monoisotopic (exact) mass is 177 g/mol. The van der Waals surface area contributed by atoms with Gasteiger partial charge in [-0.15, -0.1) is 11.8 Å². The molecule has 1 rings (SSSR count). The van der Waals surface area contributed by atoms with Gasteiger partial charge in [0.2, 0.25) is 0 Å². The molecule has 0 spiro atoms. The lowest BCUT2D eigenvalue weighted by molar-refractivity contribution is -0.106. The first-order chi connectivity index (χ1) is 5.36. The summed E-state index contributed by atoms with van der Waals surface area (Å²) in [7, 11) is 3.35. The molecule has 1 heterocycles. The molecule has 66 valence electrons. The number of ether oxygens (including phenoxy) is 2. The summed E-state index contributed by atoms with van der Waals surface area (Å²) < 4.78 is 10.2. The molecule has 0 saturated carbocycles. The predicted molar refractivity (Wildman–Crippen MR) is 46.7 cm³/mol. The summed E-state index contributed by atoms with van der Waals surface area (Å²) in [4.78, 5) is 0. The fourth-order valence-electron chi connectivity index (χ4n) is 1.09. The van der Waals surface area contributed by atoms with Crippen LogP contribution in [0.4, 0.5) is 0 Å². The van der Waals surface area contributed by atoms with Gasteiger partial charge in [0.1, 0.15) is 0 Å². The zero-order valence-electron chi connectivity index (χ0n) is 7.00. The van der Waals surface area contributed by atoms with Crippen molar-refractivity contribution in [1.82, 2.24) is 5.32 Å². The van der Waals surface area contributed by atoms with Crippen LogP contribution >= 0.6 is 11.8 Å². The molecule has 0 radical (unpaired) electrons. The highest BCUT2D eigenvalue weighted by Crippen LogP contribution is 2.19. The van der Waals surface area contributed by atoms with Gasteiger partial charge in [0.15, 0.2) is 6.29 Å². The molecule has 0 aliphatic carbocycles. The van der Waals surface area contributed by atoms with Crippen LogP contribution in [0.3, 0.4) is 0 Å². The van der Waals surface area contributed by atoms with Crippen LogP contribution in [0.25, 0.3) is 0 Å². The summed E-state index contributed by atoms with van der Waals surface area (Å²) >= 11 is 1.93. The van der Waals surface area contributed by atoms with E-state index >= 15 is 0 Å². The van der Waals surface area contributed by atoms with Gasteiger partial charge in [-0.25, -0.2) is 0 Å². The van der Waals surface area contributed by atoms with Crippen molar-refractivity contribution < 1.29 is 9.47 Å². The standard InChI is InChI=1S/C7H15NO2S/c1-9-7(10-2)5-6-8-3-4-11-6/h6-8H,3-5H2,1-2H3. The van der Waals surface area contributed by atoms with Gasteiger partial charge in [0.05, 0.1) is 5.37 Å². The van der Waals surface area contributed by atoms with E-state index in [9.17, 15) is 0 Å². The van der Waals surface area contributed by atoms with Crippen molar-refractivity contribution in [3.05, 3.63) is 0 Å². The molecule has 1 saturated heterocycles. The number of hydrogen-bond acceptors (Lipinski definition) is 4. The Morgan fingerprint density at radius 1 is 1.55 bits per heavy atom.